The molecule has 160 valence electrons. The van der Waals surface area contributed by atoms with Crippen LogP contribution in [0.5, 0.6) is 11.5 Å². The molecule has 3 aromatic rings. The molecular weight excluding hydrogens is 378 g/mol. The van der Waals surface area contributed by atoms with Crippen molar-refractivity contribution in [2.75, 3.05) is 20.8 Å². The van der Waals surface area contributed by atoms with Crippen LogP contribution in [0.3, 0.4) is 0 Å². The van der Waals surface area contributed by atoms with Gasteiger partial charge >= 0.3 is 0 Å². The number of methoxy groups -OCH3 is 2. The molecule has 3 rings (SSSR count). The third-order valence-corrected chi connectivity index (χ3v) is 5.38. The Kier molecular flexibility index (Phi) is 7.00. The molecule has 0 bridgehead atoms. The summed E-state index contributed by atoms with van der Waals surface area (Å²) in [6.07, 6.45) is 2.06. The highest BCUT2D eigenvalue weighted by molar-refractivity contribution is 5.84. The number of fused-ring (bicyclic) bond motifs is 1. The molecule has 0 aliphatic carbocycles. The number of carbonyl (C=O) groups excluding carboxylic acids is 1. The van der Waals surface area contributed by atoms with Crippen LogP contribution < -0.4 is 20.1 Å². The second-order valence-electron chi connectivity index (χ2n) is 7.85. The van der Waals surface area contributed by atoms with Gasteiger partial charge in [0, 0.05) is 28.7 Å². The predicted molar refractivity (Wildman–Crippen MR) is 119 cm³/mol. The number of quaternary nitrogens is 1. The molecule has 2 aromatic carbocycles. The first-order valence-corrected chi connectivity index (χ1v) is 10.4. The standard InChI is InChI=1S/C24H31N3O3/c1-15(2)27-24(28)16(3)25-13-20(18-10-8-12-22(29-4)23(18)30-5)19-14-26-21-11-7-6-9-17(19)21/h6-12,14-16,20,25-26H,13H2,1-5H3,(H,27,28)/p+1/t16-,20+/m1/s1. The Morgan fingerprint density at radius 1 is 1.03 bits per heavy atom. The van der Waals surface area contributed by atoms with Gasteiger partial charge in [-0.15, -0.1) is 0 Å². The van der Waals surface area contributed by atoms with Crippen LogP contribution in [-0.4, -0.2) is 43.7 Å². The summed E-state index contributed by atoms with van der Waals surface area (Å²) in [4.78, 5) is 15.8. The first-order valence-electron chi connectivity index (χ1n) is 10.4. The summed E-state index contributed by atoms with van der Waals surface area (Å²) in [5.74, 6) is 1.48. The Balaban J connectivity index is 1.99. The zero-order chi connectivity index (χ0) is 21.7. The zero-order valence-corrected chi connectivity index (χ0v) is 18.4. The molecule has 0 aliphatic heterocycles. The summed E-state index contributed by atoms with van der Waals surface area (Å²) in [5.41, 5.74) is 3.30. The predicted octanol–water partition coefficient (Wildman–Crippen LogP) is 2.79. The molecular formula is C24H32N3O3+. The number of nitrogens with two attached hydrogens (primary N) is 1. The maximum Gasteiger partial charge on any atom is 0.278 e. The Hall–Kier alpha value is -2.99. The lowest BCUT2D eigenvalue weighted by Crippen LogP contribution is -2.92. The molecule has 0 spiro atoms. The minimum absolute atomic E-state index is 0.0144. The average Bonchev–Trinajstić information content (AvgIpc) is 3.17. The van der Waals surface area contributed by atoms with Gasteiger partial charge in [0.25, 0.3) is 5.91 Å². The molecule has 6 nitrogen and oxygen atoms in total. The van der Waals surface area contributed by atoms with Crippen LogP contribution in [0.1, 0.15) is 37.8 Å². The third kappa shape index (κ3) is 4.60. The Morgan fingerprint density at radius 3 is 2.50 bits per heavy atom. The van der Waals surface area contributed by atoms with E-state index in [1.165, 1.54) is 10.9 Å². The van der Waals surface area contributed by atoms with Crippen molar-refractivity contribution in [2.24, 2.45) is 0 Å². The van der Waals surface area contributed by atoms with E-state index in [0.29, 0.717) is 12.3 Å². The van der Waals surface area contributed by atoms with Crippen molar-refractivity contribution in [3.63, 3.8) is 0 Å². The van der Waals surface area contributed by atoms with Crippen molar-refractivity contribution < 1.29 is 19.6 Å². The molecule has 0 unspecified atom stereocenters. The molecule has 1 aromatic heterocycles. The van der Waals surface area contributed by atoms with Crippen LogP contribution >= 0.6 is 0 Å². The van der Waals surface area contributed by atoms with Crippen LogP contribution in [0.4, 0.5) is 0 Å². The van der Waals surface area contributed by atoms with Crippen LogP contribution in [0.15, 0.2) is 48.7 Å². The first kappa shape index (κ1) is 21.7. The fourth-order valence-electron chi connectivity index (χ4n) is 3.85. The van der Waals surface area contributed by atoms with E-state index in [2.05, 4.69) is 40.0 Å². The van der Waals surface area contributed by atoms with E-state index < -0.39 is 0 Å². The number of aromatic amines is 1. The number of rotatable bonds is 9. The van der Waals surface area contributed by atoms with Gasteiger partial charge in [0.2, 0.25) is 0 Å². The van der Waals surface area contributed by atoms with Crippen molar-refractivity contribution in [3.05, 3.63) is 59.8 Å². The number of ether oxygens (including phenoxy) is 2. The number of hydrogen-bond donors (Lipinski definition) is 3. The van der Waals surface area contributed by atoms with Gasteiger partial charge in [-0.25, -0.2) is 0 Å². The number of para-hydroxylation sites is 2. The van der Waals surface area contributed by atoms with E-state index in [0.717, 1.165) is 16.8 Å². The van der Waals surface area contributed by atoms with Crippen LogP contribution in [0, 0.1) is 0 Å². The Bertz CT molecular complexity index is 996. The minimum atomic E-state index is -0.197. The lowest BCUT2D eigenvalue weighted by atomic mass is 9.89. The van der Waals surface area contributed by atoms with Crippen LogP contribution in [0.2, 0.25) is 0 Å². The topological polar surface area (TPSA) is 80.0 Å². The van der Waals surface area contributed by atoms with E-state index in [1.54, 1.807) is 14.2 Å². The van der Waals surface area contributed by atoms with Gasteiger partial charge in [0.15, 0.2) is 17.5 Å². The number of amides is 1. The molecule has 6 heteroatoms. The van der Waals surface area contributed by atoms with Gasteiger partial charge in [0.1, 0.15) is 0 Å². The molecule has 0 fully saturated rings. The summed E-state index contributed by atoms with van der Waals surface area (Å²) < 4.78 is 11.3. The quantitative estimate of drug-likeness (QED) is 0.507. The van der Waals surface area contributed by atoms with Gasteiger partial charge in [-0.2, -0.15) is 0 Å². The summed E-state index contributed by atoms with van der Waals surface area (Å²) in [7, 11) is 3.31. The average molecular weight is 411 g/mol. The monoisotopic (exact) mass is 410 g/mol. The Labute approximate surface area is 178 Å². The third-order valence-electron chi connectivity index (χ3n) is 5.38. The summed E-state index contributed by atoms with van der Waals surface area (Å²) in [6.45, 7) is 6.58. The van der Waals surface area contributed by atoms with Gasteiger partial charge < -0.3 is 25.1 Å². The molecule has 0 saturated heterocycles. The summed E-state index contributed by atoms with van der Waals surface area (Å²) in [6, 6.07) is 14.1. The summed E-state index contributed by atoms with van der Waals surface area (Å²) >= 11 is 0. The molecule has 0 radical (unpaired) electrons. The second-order valence-corrected chi connectivity index (χ2v) is 7.85. The highest BCUT2D eigenvalue weighted by Gasteiger charge is 2.27. The van der Waals surface area contributed by atoms with Crippen molar-refractivity contribution in [2.45, 2.75) is 38.8 Å². The van der Waals surface area contributed by atoms with E-state index in [9.17, 15) is 4.79 Å². The molecule has 0 aliphatic rings. The van der Waals surface area contributed by atoms with Crippen molar-refractivity contribution in [3.8, 4) is 11.5 Å². The second kappa shape index (κ2) is 9.67. The van der Waals surface area contributed by atoms with Crippen molar-refractivity contribution in [1.29, 1.82) is 0 Å². The van der Waals surface area contributed by atoms with Crippen molar-refractivity contribution >= 4 is 16.8 Å². The largest absolute Gasteiger partial charge is 0.493 e. The van der Waals surface area contributed by atoms with Gasteiger partial charge in [-0.05, 0) is 38.5 Å². The maximum atomic E-state index is 12.4. The molecule has 0 saturated carbocycles. The highest BCUT2D eigenvalue weighted by Crippen LogP contribution is 2.39. The molecule has 30 heavy (non-hydrogen) atoms. The molecule has 2 atom stereocenters. The smallest absolute Gasteiger partial charge is 0.278 e. The highest BCUT2D eigenvalue weighted by atomic mass is 16.5. The van der Waals surface area contributed by atoms with E-state index >= 15 is 0 Å². The number of benzene rings is 2. The van der Waals surface area contributed by atoms with E-state index in [-0.39, 0.29) is 23.9 Å². The lowest BCUT2D eigenvalue weighted by molar-refractivity contribution is -0.674. The summed E-state index contributed by atoms with van der Waals surface area (Å²) in [5, 5.41) is 6.24. The van der Waals surface area contributed by atoms with Gasteiger partial charge in [0.05, 0.1) is 26.7 Å². The van der Waals surface area contributed by atoms with Gasteiger partial charge in [-0.3, -0.25) is 4.79 Å². The minimum Gasteiger partial charge on any atom is -0.493 e. The number of aromatic nitrogens is 1. The molecule has 1 amide bonds. The molecule has 4 N–H and O–H groups in total. The first-order chi connectivity index (χ1) is 14.5. The Morgan fingerprint density at radius 2 is 1.80 bits per heavy atom. The number of H-pyrrole nitrogens is 1. The SMILES string of the molecule is COc1cccc([C@H](C[NH2+][C@H](C)C(=O)NC(C)C)c2c[nH]c3ccccc23)c1OC. The van der Waals surface area contributed by atoms with Gasteiger partial charge in [-0.1, -0.05) is 30.3 Å². The van der Waals surface area contributed by atoms with Crippen LogP contribution in [-0.2, 0) is 4.79 Å². The van der Waals surface area contributed by atoms with Crippen molar-refractivity contribution in [1.82, 2.24) is 10.3 Å². The lowest BCUT2D eigenvalue weighted by Gasteiger charge is -2.22. The maximum absolute atomic E-state index is 12.4. The number of carbonyl (C=O) groups is 1. The number of nitrogens with one attached hydrogen (secondary N) is 2. The van der Waals surface area contributed by atoms with E-state index in [1.807, 2.05) is 45.0 Å². The van der Waals surface area contributed by atoms with Crippen LogP contribution in [0.25, 0.3) is 10.9 Å². The number of hydrogen-bond acceptors (Lipinski definition) is 3. The fraction of sp³-hybridized carbons (Fsp3) is 0.375. The zero-order valence-electron chi connectivity index (χ0n) is 18.4. The fourth-order valence-corrected chi connectivity index (χ4v) is 3.85. The molecule has 1 heterocycles. The van der Waals surface area contributed by atoms with E-state index in [4.69, 9.17) is 9.47 Å². The normalized spacial score (nSPS) is 13.3.